The van der Waals surface area contributed by atoms with Crippen LogP contribution in [-0.4, -0.2) is 4.57 Å². The third-order valence-corrected chi connectivity index (χ3v) is 4.06. The van der Waals surface area contributed by atoms with Gasteiger partial charge in [0, 0.05) is 28.7 Å². The van der Waals surface area contributed by atoms with E-state index in [9.17, 15) is 0 Å². The summed E-state index contributed by atoms with van der Waals surface area (Å²) in [5.41, 5.74) is 8.10. The van der Waals surface area contributed by atoms with Gasteiger partial charge in [-0.1, -0.05) is 35.9 Å². The van der Waals surface area contributed by atoms with Crippen LogP contribution in [0, 0.1) is 20.8 Å². The van der Waals surface area contributed by atoms with E-state index in [4.69, 9.17) is 0 Å². The van der Waals surface area contributed by atoms with Gasteiger partial charge in [-0.15, -0.1) is 0 Å². The van der Waals surface area contributed by atoms with Gasteiger partial charge in [-0.25, -0.2) is 0 Å². The van der Waals surface area contributed by atoms with Crippen LogP contribution >= 0.6 is 0 Å². The summed E-state index contributed by atoms with van der Waals surface area (Å²) in [7, 11) is 0. The molecule has 1 nitrogen and oxygen atoms in total. The Morgan fingerprint density at radius 1 is 0.900 bits per heavy atom. The van der Waals surface area contributed by atoms with Crippen LogP contribution in [0.15, 0.2) is 42.5 Å². The molecule has 0 fully saturated rings. The molecule has 20 heavy (non-hydrogen) atoms. The second-order valence-corrected chi connectivity index (χ2v) is 5.61. The number of fused-ring (bicyclic) bond motifs is 1. The smallest absolute Gasteiger partial charge is 0.0496 e. The Hall–Kier alpha value is -2.02. The first-order valence-corrected chi connectivity index (χ1v) is 7.28. The molecule has 1 heteroatoms. The van der Waals surface area contributed by atoms with E-state index >= 15 is 0 Å². The molecule has 0 aliphatic heterocycles. The second kappa shape index (κ2) is 4.82. The third-order valence-electron chi connectivity index (χ3n) is 4.06. The van der Waals surface area contributed by atoms with Crippen LogP contribution < -0.4 is 0 Å². The molecule has 102 valence electrons. The van der Waals surface area contributed by atoms with Gasteiger partial charge in [-0.3, -0.25) is 0 Å². The van der Waals surface area contributed by atoms with E-state index in [1.54, 1.807) is 0 Å². The molecule has 0 spiro atoms. The molecule has 0 aliphatic carbocycles. The number of hydrogen-bond donors (Lipinski definition) is 0. The van der Waals surface area contributed by atoms with E-state index in [1.807, 2.05) is 0 Å². The highest BCUT2D eigenvalue weighted by atomic mass is 15.0. The van der Waals surface area contributed by atoms with Crippen molar-refractivity contribution in [3.63, 3.8) is 0 Å². The first kappa shape index (κ1) is 13.0. The summed E-state index contributed by atoms with van der Waals surface area (Å²) in [5, 5.41) is 1.32. The molecule has 0 bridgehead atoms. The van der Waals surface area contributed by atoms with Gasteiger partial charge in [0.25, 0.3) is 0 Å². The molecule has 3 aromatic rings. The Balaban J connectivity index is 2.35. The van der Waals surface area contributed by atoms with Gasteiger partial charge < -0.3 is 4.57 Å². The summed E-state index contributed by atoms with van der Waals surface area (Å²) >= 11 is 0. The Labute approximate surface area is 120 Å². The van der Waals surface area contributed by atoms with Crippen LogP contribution in [-0.2, 0) is 6.54 Å². The molecular weight excluding hydrogens is 242 g/mol. The van der Waals surface area contributed by atoms with Crippen molar-refractivity contribution < 1.29 is 0 Å². The fourth-order valence-corrected chi connectivity index (χ4v) is 3.34. The predicted molar refractivity (Wildman–Crippen MR) is 87.3 cm³/mol. The summed E-state index contributed by atoms with van der Waals surface area (Å²) < 4.78 is 2.42. The van der Waals surface area contributed by atoms with Crippen molar-refractivity contribution in [3.8, 4) is 11.3 Å². The van der Waals surface area contributed by atoms with Crippen LogP contribution in [0.4, 0.5) is 0 Å². The molecule has 0 aliphatic rings. The number of hydrogen-bond acceptors (Lipinski definition) is 0. The number of nitrogens with zero attached hydrogens (tertiary/aromatic N) is 1. The molecular formula is C19H21N. The maximum absolute atomic E-state index is 2.42. The number of para-hydroxylation sites is 1. The van der Waals surface area contributed by atoms with Crippen molar-refractivity contribution in [3.05, 3.63) is 59.2 Å². The summed E-state index contributed by atoms with van der Waals surface area (Å²) in [4.78, 5) is 0. The third kappa shape index (κ3) is 1.94. The van der Waals surface area contributed by atoms with Gasteiger partial charge in [0.05, 0.1) is 0 Å². The maximum Gasteiger partial charge on any atom is 0.0496 e. The average molecular weight is 263 g/mol. The maximum atomic E-state index is 2.42. The van der Waals surface area contributed by atoms with Gasteiger partial charge in [0.2, 0.25) is 0 Å². The number of aromatic nitrogens is 1. The van der Waals surface area contributed by atoms with Crippen molar-refractivity contribution in [1.82, 2.24) is 4.57 Å². The topological polar surface area (TPSA) is 4.93 Å². The van der Waals surface area contributed by atoms with Gasteiger partial charge in [-0.2, -0.15) is 0 Å². The minimum absolute atomic E-state index is 0.996. The molecule has 3 rings (SSSR count). The highest BCUT2D eigenvalue weighted by molar-refractivity contribution is 5.88. The highest BCUT2D eigenvalue weighted by Gasteiger charge is 2.13. The predicted octanol–water partition coefficient (Wildman–Crippen LogP) is 5.25. The van der Waals surface area contributed by atoms with E-state index in [0.29, 0.717) is 0 Å². The lowest BCUT2D eigenvalue weighted by molar-refractivity contribution is 0.804. The molecule has 0 saturated heterocycles. The fraction of sp³-hybridized carbons (Fsp3) is 0.263. The minimum Gasteiger partial charge on any atom is -0.341 e. The standard InChI is InChI=1S/C19H21N/c1-5-20-17-9-7-6-8-16(17)12-18(20)19-14(3)10-13(2)11-15(19)4/h6-12H,5H2,1-4H3. The first-order valence-electron chi connectivity index (χ1n) is 7.28. The number of rotatable bonds is 2. The number of benzene rings is 2. The normalized spacial score (nSPS) is 11.2. The monoisotopic (exact) mass is 263 g/mol. The van der Waals surface area contributed by atoms with Crippen molar-refractivity contribution in [2.24, 2.45) is 0 Å². The lowest BCUT2D eigenvalue weighted by Crippen LogP contribution is -1.99. The lowest BCUT2D eigenvalue weighted by Gasteiger charge is -2.14. The second-order valence-electron chi connectivity index (χ2n) is 5.61. The number of aryl methyl sites for hydroxylation is 4. The van der Waals surface area contributed by atoms with Gasteiger partial charge in [0.15, 0.2) is 0 Å². The highest BCUT2D eigenvalue weighted by Crippen LogP contribution is 2.33. The summed E-state index contributed by atoms with van der Waals surface area (Å²) in [5.74, 6) is 0. The molecule has 1 aromatic heterocycles. The zero-order valence-corrected chi connectivity index (χ0v) is 12.7. The molecule has 0 radical (unpaired) electrons. The Morgan fingerprint density at radius 2 is 1.55 bits per heavy atom. The summed E-state index contributed by atoms with van der Waals surface area (Å²) in [6.45, 7) is 9.81. The van der Waals surface area contributed by atoms with Crippen molar-refractivity contribution in [2.45, 2.75) is 34.2 Å². The molecule has 1 heterocycles. The molecule has 0 N–H and O–H groups in total. The largest absolute Gasteiger partial charge is 0.341 e. The Kier molecular flexibility index (Phi) is 3.13. The van der Waals surface area contributed by atoms with Crippen LogP contribution in [0.1, 0.15) is 23.6 Å². The van der Waals surface area contributed by atoms with E-state index in [2.05, 4.69) is 74.7 Å². The molecule has 0 saturated carbocycles. The van der Waals surface area contributed by atoms with Crippen LogP contribution in [0.2, 0.25) is 0 Å². The van der Waals surface area contributed by atoms with Crippen LogP contribution in [0.3, 0.4) is 0 Å². The van der Waals surface area contributed by atoms with E-state index in [1.165, 1.54) is 38.9 Å². The molecule has 2 aromatic carbocycles. The first-order chi connectivity index (χ1) is 9.61. The quantitative estimate of drug-likeness (QED) is 0.595. The Bertz CT molecular complexity index is 755. The Morgan fingerprint density at radius 3 is 2.20 bits per heavy atom. The van der Waals surface area contributed by atoms with Crippen molar-refractivity contribution >= 4 is 10.9 Å². The van der Waals surface area contributed by atoms with E-state index in [0.717, 1.165) is 6.54 Å². The zero-order valence-electron chi connectivity index (χ0n) is 12.7. The summed E-state index contributed by atoms with van der Waals surface area (Å²) in [6.07, 6.45) is 0. The molecule has 0 unspecified atom stereocenters. The molecule has 0 atom stereocenters. The van der Waals surface area contributed by atoms with Gasteiger partial charge >= 0.3 is 0 Å². The van der Waals surface area contributed by atoms with E-state index in [-0.39, 0.29) is 0 Å². The van der Waals surface area contributed by atoms with Gasteiger partial charge in [0.1, 0.15) is 0 Å². The van der Waals surface area contributed by atoms with Crippen LogP contribution in [0.5, 0.6) is 0 Å². The van der Waals surface area contributed by atoms with Crippen molar-refractivity contribution in [1.29, 1.82) is 0 Å². The van der Waals surface area contributed by atoms with Crippen molar-refractivity contribution in [2.75, 3.05) is 0 Å². The van der Waals surface area contributed by atoms with Crippen LogP contribution in [0.25, 0.3) is 22.2 Å². The lowest BCUT2D eigenvalue weighted by atomic mass is 9.97. The van der Waals surface area contributed by atoms with Gasteiger partial charge in [-0.05, 0) is 51.0 Å². The molecule has 0 amide bonds. The van der Waals surface area contributed by atoms with E-state index < -0.39 is 0 Å². The summed E-state index contributed by atoms with van der Waals surface area (Å²) in [6, 6.07) is 15.5. The SMILES string of the molecule is CCn1c(-c2c(C)cc(C)cc2C)cc2ccccc21. The average Bonchev–Trinajstić information content (AvgIpc) is 2.75. The minimum atomic E-state index is 0.996. The fourth-order valence-electron chi connectivity index (χ4n) is 3.34. The zero-order chi connectivity index (χ0) is 14.3.